The lowest BCUT2D eigenvalue weighted by Gasteiger charge is -2.28. The molecule has 3 N–H and O–H groups in total. The van der Waals surface area contributed by atoms with Gasteiger partial charge < -0.3 is 15.6 Å². The first-order valence-corrected chi connectivity index (χ1v) is 5.82. The Bertz CT molecular complexity index is 359. The maximum atomic E-state index is 9.99. The Morgan fingerprint density at radius 1 is 1.38 bits per heavy atom. The van der Waals surface area contributed by atoms with E-state index in [0.717, 1.165) is 37.2 Å². The van der Waals surface area contributed by atoms with Crippen LogP contribution in [0.3, 0.4) is 0 Å². The van der Waals surface area contributed by atoms with Crippen LogP contribution in [-0.2, 0) is 4.74 Å². The molecular formula is C13H19NO2. The quantitative estimate of drug-likeness (QED) is 0.804. The number of phenols is 1. The molecule has 3 heteroatoms. The highest BCUT2D eigenvalue weighted by Gasteiger charge is 2.24. The van der Waals surface area contributed by atoms with Gasteiger partial charge in [-0.25, -0.2) is 0 Å². The van der Waals surface area contributed by atoms with E-state index in [1.807, 2.05) is 25.1 Å². The van der Waals surface area contributed by atoms with Gasteiger partial charge in [-0.2, -0.15) is 0 Å². The zero-order valence-corrected chi connectivity index (χ0v) is 9.65. The normalized spacial score (nSPS) is 19.6. The molecule has 0 aromatic heterocycles. The third kappa shape index (κ3) is 2.20. The van der Waals surface area contributed by atoms with Crippen LogP contribution in [0.5, 0.6) is 5.75 Å². The molecule has 0 bridgehead atoms. The van der Waals surface area contributed by atoms with E-state index in [0.29, 0.717) is 11.7 Å². The van der Waals surface area contributed by atoms with Crippen LogP contribution in [-0.4, -0.2) is 18.3 Å². The fourth-order valence-corrected chi connectivity index (χ4v) is 2.28. The molecule has 1 saturated heterocycles. The van der Waals surface area contributed by atoms with E-state index < -0.39 is 0 Å². The molecule has 0 saturated carbocycles. The maximum absolute atomic E-state index is 9.99. The van der Waals surface area contributed by atoms with Crippen LogP contribution in [0, 0.1) is 12.8 Å². The van der Waals surface area contributed by atoms with E-state index in [1.165, 1.54) is 0 Å². The van der Waals surface area contributed by atoms with Crippen molar-refractivity contribution in [3.63, 3.8) is 0 Å². The minimum Gasteiger partial charge on any atom is -0.507 e. The molecule has 0 aliphatic carbocycles. The summed E-state index contributed by atoms with van der Waals surface area (Å²) in [6, 6.07) is 5.69. The van der Waals surface area contributed by atoms with Gasteiger partial charge in [0.25, 0.3) is 0 Å². The van der Waals surface area contributed by atoms with Crippen LogP contribution in [0.2, 0.25) is 0 Å². The summed E-state index contributed by atoms with van der Waals surface area (Å²) in [5, 5.41) is 9.99. The number of para-hydroxylation sites is 1. The summed E-state index contributed by atoms with van der Waals surface area (Å²) in [6.07, 6.45) is 1.96. The van der Waals surface area contributed by atoms with Crippen molar-refractivity contribution in [1.29, 1.82) is 0 Å². The van der Waals surface area contributed by atoms with Crippen molar-refractivity contribution in [2.75, 3.05) is 13.2 Å². The van der Waals surface area contributed by atoms with Crippen LogP contribution in [0.1, 0.15) is 30.0 Å². The second-order valence-electron chi connectivity index (χ2n) is 4.49. The summed E-state index contributed by atoms with van der Waals surface area (Å²) in [5.74, 6) is 0.767. The molecular weight excluding hydrogens is 202 g/mol. The predicted octanol–water partition coefficient (Wildman–Crippen LogP) is 2.13. The maximum Gasteiger partial charge on any atom is 0.123 e. The molecule has 1 heterocycles. The number of benzene rings is 1. The third-order valence-corrected chi connectivity index (χ3v) is 3.40. The van der Waals surface area contributed by atoms with Crippen LogP contribution in [0.4, 0.5) is 0 Å². The van der Waals surface area contributed by atoms with Gasteiger partial charge in [0.2, 0.25) is 0 Å². The van der Waals surface area contributed by atoms with Gasteiger partial charge in [-0.15, -0.1) is 0 Å². The molecule has 3 nitrogen and oxygen atoms in total. The molecule has 1 atom stereocenters. The fourth-order valence-electron chi connectivity index (χ4n) is 2.28. The first kappa shape index (κ1) is 11.4. The standard InChI is InChI=1S/C13H19NO2/c1-9-3-2-4-11(13(9)15)12(14)10-5-7-16-8-6-10/h2-4,10,12,15H,5-8,14H2,1H3/t12-/m0/s1. The van der Waals surface area contributed by atoms with Crippen molar-refractivity contribution in [2.24, 2.45) is 11.7 Å². The van der Waals surface area contributed by atoms with E-state index in [4.69, 9.17) is 10.5 Å². The van der Waals surface area contributed by atoms with Gasteiger partial charge in [0.15, 0.2) is 0 Å². The molecule has 2 rings (SSSR count). The van der Waals surface area contributed by atoms with E-state index in [1.54, 1.807) is 0 Å². The second-order valence-corrected chi connectivity index (χ2v) is 4.49. The third-order valence-electron chi connectivity index (χ3n) is 3.40. The van der Waals surface area contributed by atoms with E-state index >= 15 is 0 Å². The number of nitrogens with two attached hydrogens (primary N) is 1. The van der Waals surface area contributed by atoms with Crippen molar-refractivity contribution in [3.8, 4) is 5.75 Å². The van der Waals surface area contributed by atoms with E-state index in [9.17, 15) is 5.11 Å². The zero-order chi connectivity index (χ0) is 11.5. The summed E-state index contributed by atoms with van der Waals surface area (Å²) >= 11 is 0. The lowest BCUT2D eigenvalue weighted by Crippen LogP contribution is -2.27. The molecule has 16 heavy (non-hydrogen) atoms. The minimum absolute atomic E-state index is 0.0798. The highest BCUT2D eigenvalue weighted by atomic mass is 16.5. The first-order chi connectivity index (χ1) is 7.70. The number of hydrogen-bond acceptors (Lipinski definition) is 3. The van der Waals surface area contributed by atoms with Crippen LogP contribution in [0.25, 0.3) is 0 Å². The molecule has 0 amide bonds. The largest absolute Gasteiger partial charge is 0.507 e. The summed E-state index contributed by atoms with van der Waals surface area (Å²) in [5.41, 5.74) is 7.98. The summed E-state index contributed by atoms with van der Waals surface area (Å²) in [6.45, 7) is 3.46. The number of phenolic OH excluding ortho intramolecular Hbond substituents is 1. The molecule has 1 aromatic carbocycles. The summed E-state index contributed by atoms with van der Waals surface area (Å²) < 4.78 is 5.32. The van der Waals surface area contributed by atoms with Crippen molar-refractivity contribution in [1.82, 2.24) is 0 Å². The van der Waals surface area contributed by atoms with Crippen molar-refractivity contribution < 1.29 is 9.84 Å². The van der Waals surface area contributed by atoms with Gasteiger partial charge >= 0.3 is 0 Å². The number of aryl methyl sites for hydroxylation is 1. The van der Waals surface area contributed by atoms with Gasteiger partial charge in [-0.3, -0.25) is 0 Å². The minimum atomic E-state index is -0.0798. The molecule has 88 valence electrons. The predicted molar refractivity (Wildman–Crippen MR) is 63.3 cm³/mol. The van der Waals surface area contributed by atoms with Gasteiger partial charge in [-0.05, 0) is 31.2 Å². The Balaban J connectivity index is 2.19. The van der Waals surface area contributed by atoms with Crippen LogP contribution >= 0.6 is 0 Å². The molecule has 1 aromatic rings. The van der Waals surface area contributed by atoms with Crippen molar-refractivity contribution in [3.05, 3.63) is 29.3 Å². The summed E-state index contributed by atoms with van der Waals surface area (Å²) in [7, 11) is 0. The Hall–Kier alpha value is -1.06. The Morgan fingerprint density at radius 2 is 2.06 bits per heavy atom. The van der Waals surface area contributed by atoms with Crippen molar-refractivity contribution >= 4 is 0 Å². The second kappa shape index (κ2) is 4.85. The average Bonchev–Trinajstić information content (AvgIpc) is 2.33. The van der Waals surface area contributed by atoms with Crippen LogP contribution in [0.15, 0.2) is 18.2 Å². The molecule has 1 aliphatic rings. The number of ether oxygens (including phenoxy) is 1. The van der Waals surface area contributed by atoms with Crippen LogP contribution < -0.4 is 5.73 Å². The Labute approximate surface area is 96.2 Å². The number of aromatic hydroxyl groups is 1. The van der Waals surface area contributed by atoms with Gasteiger partial charge in [0.05, 0.1) is 0 Å². The lowest BCUT2D eigenvalue weighted by atomic mass is 9.87. The molecule has 1 fully saturated rings. The molecule has 1 aliphatic heterocycles. The zero-order valence-electron chi connectivity index (χ0n) is 9.65. The molecule has 0 radical (unpaired) electrons. The summed E-state index contributed by atoms with van der Waals surface area (Å²) in [4.78, 5) is 0. The van der Waals surface area contributed by atoms with Gasteiger partial charge in [-0.1, -0.05) is 18.2 Å². The average molecular weight is 221 g/mol. The van der Waals surface area contributed by atoms with E-state index in [2.05, 4.69) is 0 Å². The van der Waals surface area contributed by atoms with E-state index in [-0.39, 0.29) is 6.04 Å². The Kier molecular flexibility index (Phi) is 3.46. The first-order valence-electron chi connectivity index (χ1n) is 5.82. The lowest BCUT2D eigenvalue weighted by molar-refractivity contribution is 0.0581. The monoisotopic (exact) mass is 221 g/mol. The fraction of sp³-hybridized carbons (Fsp3) is 0.538. The van der Waals surface area contributed by atoms with Crippen molar-refractivity contribution in [2.45, 2.75) is 25.8 Å². The van der Waals surface area contributed by atoms with Gasteiger partial charge in [0, 0.05) is 24.8 Å². The molecule has 0 spiro atoms. The van der Waals surface area contributed by atoms with Gasteiger partial charge in [0.1, 0.15) is 5.75 Å². The highest BCUT2D eigenvalue weighted by molar-refractivity contribution is 5.41. The molecule has 0 unspecified atom stereocenters. The SMILES string of the molecule is Cc1cccc([C@@H](N)C2CCOCC2)c1O. The topological polar surface area (TPSA) is 55.5 Å². The number of hydrogen-bond donors (Lipinski definition) is 2. The smallest absolute Gasteiger partial charge is 0.123 e. The highest BCUT2D eigenvalue weighted by Crippen LogP contribution is 2.34. The number of rotatable bonds is 2. The Morgan fingerprint density at radius 3 is 2.75 bits per heavy atom.